The first-order valence-electron chi connectivity index (χ1n) is 7.67. The molecule has 0 spiro atoms. The third kappa shape index (κ3) is 3.26. The lowest BCUT2D eigenvalue weighted by molar-refractivity contribution is -0.0121. The molecule has 20 heavy (non-hydrogen) atoms. The highest BCUT2D eigenvalue weighted by molar-refractivity contribution is 5.66. The lowest BCUT2D eigenvalue weighted by Gasteiger charge is -2.35. The van der Waals surface area contributed by atoms with Gasteiger partial charge in [-0.2, -0.15) is 0 Å². The third-order valence-corrected chi connectivity index (χ3v) is 4.48. The van der Waals surface area contributed by atoms with Gasteiger partial charge in [0.25, 0.3) is 0 Å². The van der Waals surface area contributed by atoms with E-state index in [4.69, 9.17) is 9.47 Å². The largest absolute Gasteiger partial charge is 0.448 e. The first kappa shape index (κ1) is 15.6. The highest BCUT2D eigenvalue weighted by atomic mass is 16.6. The summed E-state index contributed by atoms with van der Waals surface area (Å²) in [7, 11) is 3.43. The summed E-state index contributed by atoms with van der Waals surface area (Å²) in [5, 5.41) is 0. The molecule has 116 valence electrons. The molecule has 2 aliphatic heterocycles. The summed E-state index contributed by atoms with van der Waals surface area (Å²) >= 11 is 0. The summed E-state index contributed by atoms with van der Waals surface area (Å²) in [6.45, 7) is 6.58. The molecule has 0 bridgehead atoms. The molecular weight excluding hydrogens is 256 g/mol. The van der Waals surface area contributed by atoms with Crippen LogP contribution in [0.1, 0.15) is 39.5 Å². The molecule has 0 N–H and O–H groups in total. The fourth-order valence-electron chi connectivity index (χ4n) is 3.41. The van der Waals surface area contributed by atoms with Crippen molar-refractivity contribution in [1.29, 1.82) is 0 Å². The van der Waals surface area contributed by atoms with E-state index in [1.54, 1.807) is 14.1 Å². The molecule has 2 saturated heterocycles. The van der Waals surface area contributed by atoms with Crippen molar-refractivity contribution in [2.75, 3.05) is 33.9 Å². The molecule has 0 saturated carbocycles. The maximum atomic E-state index is 11.5. The summed E-state index contributed by atoms with van der Waals surface area (Å²) in [6.07, 6.45) is 4.71. The van der Waals surface area contributed by atoms with Gasteiger partial charge in [0.15, 0.2) is 0 Å². The minimum absolute atomic E-state index is 0.194. The Morgan fingerprint density at radius 3 is 2.80 bits per heavy atom. The molecule has 2 fully saturated rings. The second kappa shape index (κ2) is 6.31. The Labute approximate surface area is 122 Å². The van der Waals surface area contributed by atoms with Gasteiger partial charge < -0.3 is 14.4 Å². The molecule has 5 heteroatoms. The Morgan fingerprint density at radius 2 is 2.15 bits per heavy atom. The van der Waals surface area contributed by atoms with Crippen molar-refractivity contribution in [2.45, 2.75) is 57.2 Å². The molecule has 2 atom stereocenters. The number of carbonyl (C=O) groups excluding carboxylic acids is 1. The number of hydrogen-bond acceptors (Lipinski definition) is 4. The van der Waals surface area contributed by atoms with Crippen LogP contribution in [0, 0.1) is 0 Å². The topological polar surface area (TPSA) is 42.0 Å². The molecule has 0 aromatic rings. The van der Waals surface area contributed by atoms with Gasteiger partial charge in [0.05, 0.1) is 12.7 Å². The van der Waals surface area contributed by atoms with Gasteiger partial charge in [-0.05, 0) is 46.1 Å². The van der Waals surface area contributed by atoms with Crippen molar-refractivity contribution in [3.63, 3.8) is 0 Å². The quantitative estimate of drug-likeness (QED) is 0.775. The first-order valence-corrected chi connectivity index (χ1v) is 7.67. The summed E-state index contributed by atoms with van der Waals surface area (Å²) in [4.78, 5) is 15.6. The standard InChI is InChI=1S/C15H28N2O3/c1-12(2)20-11-15-7-5-9-17(15)13(6-8-15)10-19-14(18)16(3)4/h12-13H,5-11H2,1-4H3. The van der Waals surface area contributed by atoms with Gasteiger partial charge >= 0.3 is 6.09 Å². The van der Waals surface area contributed by atoms with Gasteiger partial charge in [0.1, 0.15) is 6.61 Å². The number of nitrogens with zero attached hydrogens (tertiary/aromatic N) is 2. The maximum absolute atomic E-state index is 11.5. The van der Waals surface area contributed by atoms with E-state index < -0.39 is 0 Å². The highest BCUT2D eigenvalue weighted by Crippen LogP contribution is 2.42. The van der Waals surface area contributed by atoms with Crippen LogP contribution in [0.2, 0.25) is 0 Å². The summed E-state index contributed by atoms with van der Waals surface area (Å²) in [5.41, 5.74) is 0.194. The zero-order valence-electron chi connectivity index (χ0n) is 13.2. The highest BCUT2D eigenvalue weighted by Gasteiger charge is 2.49. The molecule has 2 aliphatic rings. The lowest BCUT2D eigenvalue weighted by atomic mass is 9.95. The monoisotopic (exact) mass is 284 g/mol. The van der Waals surface area contributed by atoms with E-state index in [9.17, 15) is 4.79 Å². The van der Waals surface area contributed by atoms with Crippen molar-refractivity contribution in [2.24, 2.45) is 0 Å². The fourth-order valence-corrected chi connectivity index (χ4v) is 3.41. The first-order chi connectivity index (χ1) is 9.44. The molecule has 5 nitrogen and oxygen atoms in total. The average molecular weight is 284 g/mol. The van der Waals surface area contributed by atoms with Crippen LogP contribution in [0.4, 0.5) is 4.79 Å². The molecule has 1 amide bonds. The zero-order chi connectivity index (χ0) is 14.8. The van der Waals surface area contributed by atoms with E-state index in [1.165, 1.54) is 17.7 Å². The molecule has 2 rings (SSSR count). The van der Waals surface area contributed by atoms with Crippen LogP contribution in [0.15, 0.2) is 0 Å². The number of carbonyl (C=O) groups is 1. The van der Waals surface area contributed by atoms with Crippen molar-refractivity contribution in [3.8, 4) is 0 Å². The molecule has 0 aliphatic carbocycles. The number of fused-ring (bicyclic) bond motifs is 1. The molecular formula is C15H28N2O3. The van der Waals surface area contributed by atoms with Gasteiger partial charge in [-0.3, -0.25) is 4.90 Å². The predicted molar refractivity (Wildman–Crippen MR) is 77.8 cm³/mol. The van der Waals surface area contributed by atoms with E-state index in [0.717, 1.165) is 26.0 Å². The zero-order valence-corrected chi connectivity index (χ0v) is 13.2. The van der Waals surface area contributed by atoms with Crippen LogP contribution >= 0.6 is 0 Å². The van der Waals surface area contributed by atoms with Gasteiger partial charge in [-0.25, -0.2) is 4.79 Å². The van der Waals surface area contributed by atoms with E-state index in [1.807, 2.05) is 0 Å². The van der Waals surface area contributed by atoms with Gasteiger partial charge in [0.2, 0.25) is 0 Å². The minimum atomic E-state index is -0.250. The number of hydrogen-bond donors (Lipinski definition) is 0. The fraction of sp³-hybridized carbons (Fsp3) is 0.933. The smallest absolute Gasteiger partial charge is 0.409 e. The van der Waals surface area contributed by atoms with E-state index in [-0.39, 0.29) is 17.7 Å². The molecule has 0 aromatic heterocycles. The van der Waals surface area contributed by atoms with Gasteiger partial charge in [-0.15, -0.1) is 0 Å². The van der Waals surface area contributed by atoms with Crippen LogP contribution < -0.4 is 0 Å². The summed E-state index contributed by atoms with van der Waals surface area (Å²) < 4.78 is 11.3. The van der Waals surface area contributed by atoms with E-state index >= 15 is 0 Å². The second-order valence-corrected chi connectivity index (χ2v) is 6.54. The predicted octanol–water partition coefficient (Wildman–Crippen LogP) is 2.11. The maximum Gasteiger partial charge on any atom is 0.409 e. The summed E-state index contributed by atoms with van der Waals surface area (Å²) in [6, 6.07) is 0.358. The molecule has 0 aromatic carbocycles. The second-order valence-electron chi connectivity index (χ2n) is 6.54. The lowest BCUT2D eigenvalue weighted by Crippen LogP contribution is -2.47. The van der Waals surface area contributed by atoms with Crippen molar-refractivity contribution < 1.29 is 14.3 Å². The van der Waals surface area contributed by atoms with Crippen LogP contribution in [0.25, 0.3) is 0 Å². The number of amides is 1. The van der Waals surface area contributed by atoms with E-state index in [0.29, 0.717) is 12.6 Å². The normalized spacial score (nSPS) is 29.8. The van der Waals surface area contributed by atoms with Crippen molar-refractivity contribution >= 4 is 6.09 Å². The Hall–Kier alpha value is -0.810. The SMILES string of the molecule is CC(C)OCC12CCCN1C(COC(=O)N(C)C)CC2. The molecule has 2 unspecified atom stereocenters. The van der Waals surface area contributed by atoms with Crippen LogP contribution in [-0.2, 0) is 9.47 Å². The number of rotatable bonds is 5. The Morgan fingerprint density at radius 1 is 1.40 bits per heavy atom. The Balaban J connectivity index is 1.90. The Bertz CT molecular complexity index is 346. The van der Waals surface area contributed by atoms with Gasteiger partial charge in [-0.1, -0.05) is 0 Å². The molecule has 0 radical (unpaired) electrons. The summed E-state index contributed by atoms with van der Waals surface area (Å²) in [5.74, 6) is 0. The van der Waals surface area contributed by atoms with Crippen molar-refractivity contribution in [3.05, 3.63) is 0 Å². The molecule has 2 heterocycles. The van der Waals surface area contributed by atoms with Crippen molar-refractivity contribution in [1.82, 2.24) is 9.80 Å². The Kier molecular flexibility index (Phi) is 4.91. The minimum Gasteiger partial charge on any atom is -0.448 e. The van der Waals surface area contributed by atoms with Gasteiger partial charge in [0, 0.05) is 25.7 Å². The third-order valence-electron chi connectivity index (χ3n) is 4.48. The number of ether oxygens (including phenoxy) is 2. The van der Waals surface area contributed by atoms with E-state index in [2.05, 4.69) is 18.7 Å². The van der Waals surface area contributed by atoms with Crippen LogP contribution in [-0.4, -0.2) is 67.4 Å². The van der Waals surface area contributed by atoms with Crippen LogP contribution in [0.5, 0.6) is 0 Å². The van der Waals surface area contributed by atoms with Crippen LogP contribution in [0.3, 0.4) is 0 Å². The average Bonchev–Trinajstić information content (AvgIpc) is 2.92.